The van der Waals surface area contributed by atoms with Gasteiger partial charge in [0.05, 0.1) is 24.9 Å². The smallest absolute Gasteiger partial charge is 0.221 e. The summed E-state index contributed by atoms with van der Waals surface area (Å²) < 4.78 is 10.9. The molecule has 1 amide bonds. The van der Waals surface area contributed by atoms with Crippen molar-refractivity contribution in [1.82, 2.24) is 15.4 Å². The highest BCUT2D eigenvalue weighted by Crippen LogP contribution is 2.20. The van der Waals surface area contributed by atoms with Gasteiger partial charge >= 0.3 is 0 Å². The normalized spacial score (nSPS) is 25.5. The van der Waals surface area contributed by atoms with Crippen LogP contribution in [0.3, 0.4) is 0 Å². The number of nitrogens with zero attached hydrogens (tertiary/aromatic N) is 2. The van der Waals surface area contributed by atoms with Gasteiger partial charge in [0.15, 0.2) is 0 Å². The number of hydrogen-bond acceptors (Lipinski definition) is 5. The van der Waals surface area contributed by atoms with Gasteiger partial charge < -0.3 is 19.5 Å². The van der Waals surface area contributed by atoms with Gasteiger partial charge in [-0.15, -0.1) is 0 Å². The maximum absolute atomic E-state index is 12.4. The first kappa shape index (κ1) is 18.4. The van der Waals surface area contributed by atoms with Crippen LogP contribution in [0.1, 0.15) is 50.0 Å². The number of nitrogens with one attached hydrogen (secondary N) is 1. The summed E-state index contributed by atoms with van der Waals surface area (Å²) in [7, 11) is 0. The SMILES string of the molecule is Cc1cc(C[C@@H]2COC[C@@H]2NC(=O)CCN2CCCCCCC2)on1. The van der Waals surface area contributed by atoms with E-state index in [2.05, 4.69) is 15.4 Å². The number of carbonyl (C=O) groups excluding carboxylic acids is 1. The van der Waals surface area contributed by atoms with Crippen LogP contribution in [0.25, 0.3) is 0 Å². The van der Waals surface area contributed by atoms with E-state index >= 15 is 0 Å². The van der Waals surface area contributed by atoms with Gasteiger partial charge in [0.1, 0.15) is 5.76 Å². The molecule has 2 saturated heterocycles. The second-order valence-electron chi connectivity index (χ2n) is 7.47. The molecule has 3 heterocycles. The van der Waals surface area contributed by atoms with Gasteiger partial charge in [-0.1, -0.05) is 24.4 Å². The van der Waals surface area contributed by atoms with Gasteiger partial charge in [0.25, 0.3) is 0 Å². The molecule has 2 atom stereocenters. The predicted octanol–water partition coefficient (Wildman–Crippen LogP) is 2.31. The lowest BCUT2D eigenvalue weighted by molar-refractivity contribution is -0.122. The van der Waals surface area contributed by atoms with E-state index in [0.29, 0.717) is 19.6 Å². The van der Waals surface area contributed by atoms with Crippen molar-refractivity contribution < 1.29 is 14.1 Å². The molecule has 0 saturated carbocycles. The first-order valence-electron chi connectivity index (χ1n) is 9.72. The average molecular weight is 349 g/mol. The van der Waals surface area contributed by atoms with E-state index in [1.807, 2.05) is 13.0 Å². The van der Waals surface area contributed by atoms with Crippen molar-refractivity contribution in [3.05, 3.63) is 17.5 Å². The minimum atomic E-state index is 0.0743. The summed E-state index contributed by atoms with van der Waals surface area (Å²) in [6.07, 6.45) is 7.87. The molecule has 0 aliphatic carbocycles. The third-order valence-corrected chi connectivity index (χ3v) is 5.29. The molecule has 2 aliphatic rings. The molecule has 2 fully saturated rings. The molecule has 1 N–H and O–H groups in total. The Morgan fingerprint density at radius 3 is 2.72 bits per heavy atom. The molecule has 25 heavy (non-hydrogen) atoms. The highest BCUT2D eigenvalue weighted by atomic mass is 16.5. The number of aromatic nitrogens is 1. The van der Waals surface area contributed by atoms with Crippen LogP contribution in [0.5, 0.6) is 0 Å². The third-order valence-electron chi connectivity index (χ3n) is 5.29. The number of ether oxygens (including phenoxy) is 1. The van der Waals surface area contributed by atoms with Crippen molar-refractivity contribution in [2.45, 2.75) is 57.9 Å². The molecular formula is C19H31N3O3. The highest BCUT2D eigenvalue weighted by Gasteiger charge is 2.30. The van der Waals surface area contributed by atoms with Crippen LogP contribution in [0.15, 0.2) is 10.6 Å². The maximum Gasteiger partial charge on any atom is 0.221 e. The molecule has 6 nitrogen and oxygen atoms in total. The molecule has 1 aromatic heterocycles. The fourth-order valence-electron chi connectivity index (χ4n) is 3.81. The summed E-state index contributed by atoms with van der Waals surface area (Å²) in [4.78, 5) is 14.8. The van der Waals surface area contributed by atoms with E-state index < -0.39 is 0 Å². The molecule has 6 heteroatoms. The zero-order valence-electron chi connectivity index (χ0n) is 15.3. The second kappa shape index (κ2) is 9.34. The summed E-state index contributed by atoms with van der Waals surface area (Å²) in [5, 5.41) is 7.10. The van der Waals surface area contributed by atoms with Crippen LogP contribution < -0.4 is 5.32 Å². The van der Waals surface area contributed by atoms with E-state index in [1.165, 1.54) is 32.1 Å². The van der Waals surface area contributed by atoms with Gasteiger partial charge in [-0.2, -0.15) is 0 Å². The van der Waals surface area contributed by atoms with Gasteiger partial charge in [-0.25, -0.2) is 0 Å². The van der Waals surface area contributed by atoms with Crippen molar-refractivity contribution >= 4 is 5.91 Å². The van der Waals surface area contributed by atoms with Gasteiger partial charge in [-0.05, 0) is 32.9 Å². The minimum Gasteiger partial charge on any atom is -0.379 e. The fourth-order valence-corrected chi connectivity index (χ4v) is 3.81. The number of rotatable bonds is 6. The van der Waals surface area contributed by atoms with Gasteiger partial charge in [0, 0.05) is 31.4 Å². The molecule has 0 spiro atoms. The Kier molecular flexibility index (Phi) is 6.87. The predicted molar refractivity (Wildman–Crippen MR) is 95.3 cm³/mol. The quantitative estimate of drug-likeness (QED) is 0.854. The van der Waals surface area contributed by atoms with E-state index in [0.717, 1.165) is 37.5 Å². The van der Waals surface area contributed by atoms with Crippen molar-refractivity contribution in [1.29, 1.82) is 0 Å². The first-order chi connectivity index (χ1) is 12.2. The third kappa shape index (κ3) is 5.82. The van der Waals surface area contributed by atoms with Crippen LogP contribution in [0.2, 0.25) is 0 Å². The monoisotopic (exact) mass is 349 g/mol. The Balaban J connectivity index is 1.41. The summed E-state index contributed by atoms with van der Waals surface area (Å²) in [6.45, 7) is 6.30. The van der Waals surface area contributed by atoms with E-state index in [1.54, 1.807) is 0 Å². The Hall–Kier alpha value is -1.40. The van der Waals surface area contributed by atoms with Crippen LogP contribution in [-0.4, -0.2) is 54.9 Å². The van der Waals surface area contributed by atoms with Crippen molar-refractivity contribution in [3.8, 4) is 0 Å². The van der Waals surface area contributed by atoms with Gasteiger partial charge in [-0.3, -0.25) is 4.79 Å². The first-order valence-corrected chi connectivity index (χ1v) is 9.72. The Morgan fingerprint density at radius 2 is 2.00 bits per heavy atom. The summed E-state index contributed by atoms with van der Waals surface area (Å²) >= 11 is 0. The lowest BCUT2D eigenvalue weighted by Gasteiger charge is -2.24. The van der Waals surface area contributed by atoms with Crippen LogP contribution in [0, 0.1) is 12.8 Å². The molecule has 140 valence electrons. The maximum atomic E-state index is 12.4. The van der Waals surface area contributed by atoms with E-state index in [-0.39, 0.29) is 17.9 Å². The number of hydrogen-bond donors (Lipinski definition) is 1. The molecule has 2 aliphatic heterocycles. The number of carbonyl (C=O) groups is 1. The van der Waals surface area contributed by atoms with Crippen LogP contribution in [0.4, 0.5) is 0 Å². The van der Waals surface area contributed by atoms with Crippen molar-refractivity contribution in [3.63, 3.8) is 0 Å². The van der Waals surface area contributed by atoms with Gasteiger partial charge in [0.2, 0.25) is 5.91 Å². The van der Waals surface area contributed by atoms with E-state index in [4.69, 9.17) is 9.26 Å². The van der Waals surface area contributed by atoms with Crippen LogP contribution >= 0.6 is 0 Å². The number of amides is 1. The summed E-state index contributed by atoms with van der Waals surface area (Å²) in [5.74, 6) is 1.27. The molecule has 0 bridgehead atoms. The zero-order valence-corrected chi connectivity index (χ0v) is 15.3. The summed E-state index contributed by atoms with van der Waals surface area (Å²) in [6, 6.07) is 2.03. The highest BCUT2D eigenvalue weighted by molar-refractivity contribution is 5.76. The van der Waals surface area contributed by atoms with Crippen LogP contribution in [-0.2, 0) is 16.0 Å². The molecule has 1 aromatic rings. The fraction of sp³-hybridized carbons (Fsp3) is 0.789. The second-order valence-corrected chi connectivity index (χ2v) is 7.47. The largest absolute Gasteiger partial charge is 0.379 e. The van der Waals surface area contributed by atoms with E-state index in [9.17, 15) is 4.79 Å². The zero-order chi connectivity index (χ0) is 17.5. The molecule has 0 unspecified atom stereocenters. The number of aryl methyl sites for hydroxylation is 1. The Morgan fingerprint density at radius 1 is 1.24 bits per heavy atom. The lowest BCUT2D eigenvalue weighted by atomic mass is 9.98. The lowest BCUT2D eigenvalue weighted by Crippen LogP contribution is -2.42. The molecule has 0 radical (unpaired) electrons. The van der Waals surface area contributed by atoms with Crippen molar-refractivity contribution in [2.75, 3.05) is 32.8 Å². The topological polar surface area (TPSA) is 67.6 Å². The minimum absolute atomic E-state index is 0.0743. The van der Waals surface area contributed by atoms with Crippen molar-refractivity contribution in [2.24, 2.45) is 5.92 Å². The molecular weight excluding hydrogens is 318 g/mol. The average Bonchev–Trinajstić information content (AvgIpc) is 3.16. The Labute approximate surface area is 150 Å². The molecule has 3 rings (SSSR count). The summed E-state index contributed by atoms with van der Waals surface area (Å²) in [5.41, 5.74) is 0.891. The number of likely N-dealkylation sites (tertiary alicyclic amines) is 1. The standard InChI is InChI=1S/C19H31N3O3/c1-15-11-17(25-21-15)12-16-13-24-14-18(16)20-19(23)7-10-22-8-5-3-2-4-6-9-22/h11,16,18H,2-10,12-14H2,1H3,(H,20,23)/t16-,18+/m1/s1. The molecule has 0 aromatic carbocycles. The Bertz CT molecular complexity index is 538.